The topological polar surface area (TPSA) is 85.2 Å². The van der Waals surface area contributed by atoms with Crippen LogP contribution in [0.5, 0.6) is 11.5 Å². The minimum Gasteiger partial charge on any atom is -0.493 e. The summed E-state index contributed by atoms with van der Waals surface area (Å²) in [6, 6.07) is 7.86. The van der Waals surface area contributed by atoms with Crippen molar-refractivity contribution in [2.45, 2.75) is 13.5 Å². The number of halogens is 1. The zero-order valence-corrected chi connectivity index (χ0v) is 17.9. The number of carbonyl (C=O) groups is 1. The SMILES string of the molecule is COc1cc(C)c(CN2CCN(C(=O)c3cc([N+](=O)[O-])ccc3Cl)CC2)cc1OC. The molecule has 2 aromatic rings. The van der Waals surface area contributed by atoms with Crippen LogP contribution in [0.3, 0.4) is 0 Å². The average molecular weight is 434 g/mol. The van der Waals surface area contributed by atoms with Gasteiger partial charge in [0.1, 0.15) is 0 Å². The molecule has 0 atom stereocenters. The molecule has 0 aromatic heterocycles. The summed E-state index contributed by atoms with van der Waals surface area (Å²) in [7, 11) is 3.22. The van der Waals surface area contributed by atoms with Gasteiger partial charge in [-0.1, -0.05) is 11.6 Å². The fourth-order valence-electron chi connectivity index (χ4n) is 3.50. The average Bonchev–Trinajstić information content (AvgIpc) is 2.75. The first-order valence-electron chi connectivity index (χ1n) is 9.51. The van der Waals surface area contributed by atoms with Crippen molar-refractivity contribution in [3.63, 3.8) is 0 Å². The molecule has 9 heteroatoms. The van der Waals surface area contributed by atoms with Gasteiger partial charge >= 0.3 is 0 Å². The molecule has 3 rings (SSSR count). The summed E-state index contributed by atoms with van der Waals surface area (Å²) in [5, 5.41) is 11.2. The molecule has 1 amide bonds. The number of nitro benzene ring substituents is 1. The van der Waals surface area contributed by atoms with Crippen LogP contribution in [0, 0.1) is 17.0 Å². The summed E-state index contributed by atoms with van der Waals surface area (Å²) in [6.45, 7) is 5.17. The molecule has 1 heterocycles. The maximum absolute atomic E-state index is 12.8. The molecule has 160 valence electrons. The summed E-state index contributed by atoms with van der Waals surface area (Å²) in [6.07, 6.45) is 0. The molecule has 0 unspecified atom stereocenters. The van der Waals surface area contributed by atoms with E-state index in [1.807, 2.05) is 19.1 Å². The number of amides is 1. The Labute approximate surface area is 180 Å². The third-order valence-electron chi connectivity index (χ3n) is 5.29. The highest BCUT2D eigenvalue weighted by Crippen LogP contribution is 2.31. The monoisotopic (exact) mass is 433 g/mol. The van der Waals surface area contributed by atoms with Gasteiger partial charge in [0.2, 0.25) is 0 Å². The van der Waals surface area contributed by atoms with Crippen molar-refractivity contribution < 1.29 is 19.2 Å². The predicted octanol–water partition coefficient (Wildman–Crippen LogP) is 3.53. The number of hydrogen-bond acceptors (Lipinski definition) is 6. The van der Waals surface area contributed by atoms with Crippen molar-refractivity contribution >= 4 is 23.2 Å². The molecular weight excluding hydrogens is 410 g/mol. The van der Waals surface area contributed by atoms with Crippen LogP contribution in [-0.2, 0) is 6.54 Å². The van der Waals surface area contributed by atoms with Crippen molar-refractivity contribution in [1.82, 2.24) is 9.80 Å². The Bertz CT molecular complexity index is 958. The van der Waals surface area contributed by atoms with E-state index in [1.54, 1.807) is 19.1 Å². The van der Waals surface area contributed by atoms with Crippen LogP contribution >= 0.6 is 11.6 Å². The van der Waals surface area contributed by atoms with Gasteiger partial charge in [-0.15, -0.1) is 0 Å². The number of nitro groups is 1. The number of ether oxygens (including phenoxy) is 2. The highest BCUT2D eigenvalue weighted by Gasteiger charge is 2.25. The lowest BCUT2D eigenvalue weighted by Gasteiger charge is -2.35. The Morgan fingerprint density at radius 2 is 1.73 bits per heavy atom. The van der Waals surface area contributed by atoms with Crippen LogP contribution in [0.4, 0.5) is 5.69 Å². The van der Waals surface area contributed by atoms with Crippen molar-refractivity contribution in [2.75, 3.05) is 40.4 Å². The van der Waals surface area contributed by atoms with Gasteiger partial charge in [-0.3, -0.25) is 19.8 Å². The molecule has 1 fully saturated rings. The third kappa shape index (κ3) is 4.66. The molecule has 0 saturated carbocycles. The second-order valence-corrected chi connectivity index (χ2v) is 7.53. The maximum atomic E-state index is 12.8. The van der Waals surface area contributed by atoms with E-state index in [-0.39, 0.29) is 22.2 Å². The van der Waals surface area contributed by atoms with E-state index in [1.165, 1.54) is 18.2 Å². The van der Waals surface area contributed by atoms with Gasteiger partial charge < -0.3 is 14.4 Å². The van der Waals surface area contributed by atoms with Crippen LogP contribution in [-0.4, -0.2) is 61.0 Å². The second kappa shape index (κ2) is 9.32. The molecular formula is C21H24ClN3O5. The highest BCUT2D eigenvalue weighted by molar-refractivity contribution is 6.33. The number of nitrogens with zero attached hydrogens (tertiary/aromatic N) is 3. The first-order chi connectivity index (χ1) is 14.3. The molecule has 0 radical (unpaired) electrons. The Morgan fingerprint density at radius 1 is 1.10 bits per heavy atom. The lowest BCUT2D eigenvalue weighted by Crippen LogP contribution is -2.48. The Hall–Kier alpha value is -2.84. The predicted molar refractivity (Wildman–Crippen MR) is 114 cm³/mol. The lowest BCUT2D eigenvalue weighted by atomic mass is 10.1. The molecule has 30 heavy (non-hydrogen) atoms. The quantitative estimate of drug-likeness (QED) is 0.511. The number of hydrogen-bond donors (Lipinski definition) is 0. The van der Waals surface area contributed by atoms with Gasteiger partial charge in [-0.25, -0.2) is 0 Å². The van der Waals surface area contributed by atoms with Crippen LogP contribution in [0.2, 0.25) is 5.02 Å². The van der Waals surface area contributed by atoms with Crippen molar-refractivity contribution in [2.24, 2.45) is 0 Å². The first kappa shape index (κ1) is 21.9. The largest absolute Gasteiger partial charge is 0.493 e. The van der Waals surface area contributed by atoms with E-state index in [2.05, 4.69) is 4.90 Å². The highest BCUT2D eigenvalue weighted by atomic mass is 35.5. The van der Waals surface area contributed by atoms with E-state index in [0.29, 0.717) is 37.7 Å². The van der Waals surface area contributed by atoms with Crippen LogP contribution in [0.1, 0.15) is 21.5 Å². The fourth-order valence-corrected chi connectivity index (χ4v) is 3.70. The Kier molecular flexibility index (Phi) is 6.79. The number of rotatable bonds is 6. The van der Waals surface area contributed by atoms with E-state index in [4.69, 9.17) is 21.1 Å². The molecule has 0 aliphatic carbocycles. The molecule has 0 N–H and O–H groups in total. The molecule has 1 aliphatic rings. The molecule has 2 aromatic carbocycles. The zero-order valence-electron chi connectivity index (χ0n) is 17.2. The molecule has 1 aliphatic heterocycles. The first-order valence-corrected chi connectivity index (χ1v) is 9.89. The third-order valence-corrected chi connectivity index (χ3v) is 5.62. The smallest absolute Gasteiger partial charge is 0.270 e. The van der Waals surface area contributed by atoms with Crippen LogP contribution in [0.15, 0.2) is 30.3 Å². The van der Waals surface area contributed by atoms with Crippen molar-refractivity contribution in [3.8, 4) is 11.5 Å². The number of methoxy groups -OCH3 is 2. The van der Waals surface area contributed by atoms with Crippen LogP contribution < -0.4 is 9.47 Å². The Balaban J connectivity index is 1.66. The molecule has 8 nitrogen and oxygen atoms in total. The lowest BCUT2D eigenvalue weighted by molar-refractivity contribution is -0.384. The van der Waals surface area contributed by atoms with Crippen LogP contribution in [0.25, 0.3) is 0 Å². The van der Waals surface area contributed by atoms with E-state index in [9.17, 15) is 14.9 Å². The maximum Gasteiger partial charge on any atom is 0.270 e. The minimum atomic E-state index is -0.531. The normalized spacial score (nSPS) is 14.5. The van der Waals surface area contributed by atoms with Crippen molar-refractivity contribution in [3.05, 3.63) is 62.2 Å². The molecule has 0 spiro atoms. The van der Waals surface area contributed by atoms with E-state index < -0.39 is 4.92 Å². The fraction of sp³-hybridized carbons (Fsp3) is 0.381. The summed E-state index contributed by atoms with van der Waals surface area (Å²) in [4.78, 5) is 27.3. The van der Waals surface area contributed by atoms with Gasteiger partial charge in [0.15, 0.2) is 11.5 Å². The number of non-ortho nitro benzene ring substituents is 1. The summed E-state index contributed by atoms with van der Waals surface area (Å²) in [5.41, 5.74) is 2.25. The van der Waals surface area contributed by atoms with E-state index >= 15 is 0 Å². The summed E-state index contributed by atoms with van der Waals surface area (Å²) in [5.74, 6) is 1.10. The van der Waals surface area contributed by atoms with Gasteiger partial charge in [-0.05, 0) is 36.2 Å². The van der Waals surface area contributed by atoms with Gasteiger partial charge in [-0.2, -0.15) is 0 Å². The summed E-state index contributed by atoms with van der Waals surface area (Å²) < 4.78 is 10.7. The second-order valence-electron chi connectivity index (χ2n) is 7.12. The minimum absolute atomic E-state index is 0.148. The zero-order chi connectivity index (χ0) is 21.8. The van der Waals surface area contributed by atoms with Crippen molar-refractivity contribution in [1.29, 1.82) is 0 Å². The van der Waals surface area contributed by atoms with E-state index in [0.717, 1.165) is 17.7 Å². The molecule has 0 bridgehead atoms. The van der Waals surface area contributed by atoms with Gasteiger partial charge in [0, 0.05) is 44.9 Å². The van der Waals surface area contributed by atoms with Gasteiger partial charge in [0.25, 0.3) is 11.6 Å². The number of carbonyl (C=O) groups excluding carboxylic acids is 1. The Morgan fingerprint density at radius 3 is 2.33 bits per heavy atom. The summed E-state index contributed by atoms with van der Waals surface area (Å²) >= 11 is 6.12. The number of aryl methyl sites for hydroxylation is 1. The number of piperazine rings is 1. The number of benzene rings is 2. The molecule has 1 saturated heterocycles. The van der Waals surface area contributed by atoms with Gasteiger partial charge in [0.05, 0.1) is 29.7 Å². The standard InChI is InChI=1S/C21H24ClN3O5/c1-14-10-19(29-2)20(30-3)11-15(14)13-23-6-8-24(9-7-23)21(26)17-12-16(25(27)28)4-5-18(17)22/h4-5,10-12H,6-9,13H2,1-3H3.